The fourth-order valence-corrected chi connectivity index (χ4v) is 2.37. The molecule has 0 aromatic rings. The summed E-state index contributed by atoms with van der Waals surface area (Å²) in [6.07, 6.45) is -2.45. The largest absolute Gasteiger partial charge is 0.480 e. The van der Waals surface area contributed by atoms with Crippen LogP contribution in [-0.4, -0.2) is 53.0 Å². The predicted molar refractivity (Wildman–Crippen MR) is 46.3 cm³/mol. The molecule has 76 valence electrons. The molecule has 0 amide bonds. The lowest BCUT2D eigenvalue weighted by molar-refractivity contribution is -0.143. The van der Waals surface area contributed by atoms with Gasteiger partial charge in [-0.05, 0) is 0 Å². The van der Waals surface area contributed by atoms with Gasteiger partial charge in [-0.1, -0.05) is 0 Å². The van der Waals surface area contributed by atoms with Gasteiger partial charge in [-0.25, -0.2) is 8.78 Å². The molecule has 1 unspecified atom stereocenters. The lowest BCUT2D eigenvalue weighted by Crippen LogP contribution is -2.49. The quantitative estimate of drug-likeness (QED) is 0.748. The van der Waals surface area contributed by atoms with Crippen molar-refractivity contribution in [1.82, 2.24) is 4.90 Å². The Morgan fingerprint density at radius 1 is 1.69 bits per heavy atom. The van der Waals surface area contributed by atoms with Gasteiger partial charge in [-0.2, -0.15) is 11.8 Å². The van der Waals surface area contributed by atoms with Crippen LogP contribution in [0.1, 0.15) is 0 Å². The molecular weight excluding hydrogens is 200 g/mol. The number of hydrogen-bond acceptors (Lipinski definition) is 3. The monoisotopic (exact) mass is 211 g/mol. The average Bonchev–Trinajstić information content (AvgIpc) is 2.03. The molecule has 1 aliphatic heterocycles. The summed E-state index contributed by atoms with van der Waals surface area (Å²) in [5.41, 5.74) is 0. The zero-order valence-corrected chi connectivity index (χ0v) is 7.77. The van der Waals surface area contributed by atoms with Crippen molar-refractivity contribution in [2.24, 2.45) is 0 Å². The second kappa shape index (κ2) is 4.76. The minimum Gasteiger partial charge on any atom is -0.480 e. The van der Waals surface area contributed by atoms with Crippen LogP contribution in [-0.2, 0) is 4.79 Å². The minimum atomic E-state index is -2.45. The van der Waals surface area contributed by atoms with Gasteiger partial charge in [-0.15, -0.1) is 0 Å². The van der Waals surface area contributed by atoms with Crippen LogP contribution in [0.25, 0.3) is 0 Å². The van der Waals surface area contributed by atoms with Gasteiger partial charge in [0.15, 0.2) is 0 Å². The molecule has 1 rings (SSSR count). The molecule has 0 aliphatic carbocycles. The second-order valence-corrected chi connectivity index (χ2v) is 3.96. The van der Waals surface area contributed by atoms with Crippen molar-refractivity contribution in [3.63, 3.8) is 0 Å². The third-order valence-corrected chi connectivity index (χ3v) is 2.92. The molecule has 1 fully saturated rings. The lowest BCUT2D eigenvalue weighted by atomic mass is 10.3. The first-order chi connectivity index (χ1) is 6.11. The van der Waals surface area contributed by atoms with Gasteiger partial charge in [0.1, 0.15) is 6.04 Å². The van der Waals surface area contributed by atoms with Gasteiger partial charge in [0.2, 0.25) is 0 Å². The summed E-state index contributed by atoms with van der Waals surface area (Å²) in [7, 11) is 0. The van der Waals surface area contributed by atoms with Gasteiger partial charge in [0.25, 0.3) is 6.43 Å². The van der Waals surface area contributed by atoms with E-state index in [1.54, 1.807) is 0 Å². The summed E-state index contributed by atoms with van der Waals surface area (Å²) in [6.45, 7) is 0.00347. The maximum atomic E-state index is 12.0. The van der Waals surface area contributed by atoms with Crippen molar-refractivity contribution >= 4 is 17.7 Å². The standard InChI is InChI=1S/C7H11F2NO2S/c8-6(9)3-10-1-2-13-4-5(10)7(11)12/h5-6H,1-4H2,(H,11,12). The highest BCUT2D eigenvalue weighted by atomic mass is 32.2. The molecule has 0 saturated carbocycles. The van der Waals surface area contributed by atoms with Crippen molar-refractivity contribution in [2.45, 2.75) is 12.5 Å². The minimum absolute atomic E-state index is 0.405. The second-order valence-electron chi connectivity index (χ2n) is 2.81. The Balaban J connectivity index is 2.51. The van der Waals surface area contributed by atoms with Crippen LogP contribution in [0, 0.1) is 0 Å². The summed E-state index contributed by atoms with van der Waals surface area (Å²) in [6, 6.07) is -0.743. The van der Waals surface area contributed by atoms with Crippen LogP contribution in [0.4, 0.5) is 8.78 Å². The molecule has 0 bridgehead atoms. The van der Waals surface area contributed by atoms with Crippen molar-refractivity contribution in [3.05, 3.63) is 0 Å². The van der Waals surface area contributed by atoms with E-state index in [1.807, 2.05) is 0 Å². The number of alkyl halides is 2. The van der Waals surface area contributed by atoms with Gasteiger partial charge in [0.05, 0.1) is 6.54 Å². The summed E-state index contributed by atoms with van der Waals surface area (Å²) >= 11 is 1.49. The molecule has 0 spiro atoms. The van der Waals surface area contributed by atoms with Crippen molar-refractivity contribution in [2.75, 3.05) is 24.6 Å². The third-order valence-electron chi connectivity index (χ3n) is 1.90. The molecule has 1 saturated heterocycles. The number of carboxylic acid groups (broad SMARTS) is 1. The molecule has 1 aliphatic rings. The molecule has 1 atom stereocenters. The number of rotatable bonds is 3. The molecule has 3 nitrogen and oxygen atoms in total. The van der Waals surface area contributed by atoms with Crippen LogP contribution >= 0.6 is 11.8 Å². The maximum absolute atomic E-state index is 12.0. The molecular formula is C7H11F2NO2S. The van der Waals surface area contributed by atoms with Gasteiger partial charge in [0, 0.05) is 18.1 Å². The molecule has 6 heteroatoms. The average molecular weight is 211 g/mol. The normalized spacial score (nSPS) is 25.0. The van der Waals surface area contributed by atoms with Gasteiger partial charge >= 0.3 is 5.97 Å². The summed E-state index contributed by atoms with van der Waals surface area (Å²) in [5.74, 6) is 0.131. The Labute approximate surface area is 79.1 Å². The summed E-state index contributed by atoms with van der Waals surface area (Å²) in [4.78, 5) is 12.0. The number of hydrogen-bond donors (Lipinski definition) is 1. The first-order valence-electron chi connectivity index (χ1n) is 3.94. The van der Waals surface area contributed by atoms with E-state index in [2.05, 4.69) is 0 Å². The molecule has 1 heterocycles. The van der Waals surface area contributed by atoms with Crippen LogP contribution < -0.4 is 0 Å². The molecule has 0 radical (unpaired) electrons. The zero-order chi connectivity index (χ0) is 9.84. The summed E-state index contributed by atoms with van der Waals surface area (Å²) in [5, 5.41) is 8.72. The molecule has 0 aromatic carbocycles. The van der Waals surface area contributed by atoms with Gasteiger partial charge < -0.3 is 5.11 Å². The SMILES string of the molecule is O=C(O)C1CSCCN1CC(F)F. The van der Waals surface area contributed by atoms with Crippen molar-refractivity contribution in [3.8, 4) is 0 Å². The third kappa shape index (κ3) is 3.11. The predicted octanol–water partition coefficient (Wildman–Crippen LogP) is 0.753. The first-order valence-corrected chi connectivity index (χ1v) is 5.09. The fourth-order valence-electron chi connectivity index (χ4n) is 1.26. The van der Waals surface area contributed by atoms with Crippen LogP contribution in [0.3, 0.4) is 0 Å². The smallest absolute Gasteiger partial charge is 0.321 e. The van der Waals surface area contributed by atoms with E-state index in [9.17, 15) is 13.6 Å². The van der Waals surface area contributed by atoms with E-state index < -0.39 is 25.0 Å². The van der Waals surface area contributed by atoms with Gasteiger partial charge in [-0.3, -0.25) is 9.69 Å². The fraction of sp³-hybridized carbons (Fsp3) is 0.857. The Morgan fingerprint density at radius 2 is 2.38 bits per heavy atom. The van der Waals surface area contributed by atoms with E-state index in [0.29, 0.717) is 12.3 Å². The first kappa shape index (κ1) is 10.7. The van der Waals surface area contributed by atoms with E-state index in [4.69, 9.17) is 5.11 Å². The number of halogens is 2. The highest BCUT2D eigenvalue weighted by Crippen LogP contribution is 2.17. The number of aliphatic carboxylic acids is 1. The Morgan fingerprint density at radius 3 is 2.92 bits per heavy atom. The summed E-state index contributed by atoms with van der Waals surface area (Å²) < 4.78 is 24.0. The van der Waals surface area contributed by atoms with E-state index >= 15 is 0 Å². The van der Waals surface area contributed by atoms with E-state index in [1.165, 1.54) is 16.7 Å². The molecule has 13 heavy (non-hydrogen) atoms. The topological polar surface area (TPSA) is 40.5 Å². The molecule has 1 N–H and O–H groups in total. The number of carboxylic acids is 1. The van der Waals surface area contributed by atoms with Crippen molar-refractivity contribution in [1.29, 1.82) is 0 Å². The van der Waals surface area contributed by atoms with Crippen LogP contribution in [0.5, 0.6) is 0 Å². The van der Waals surface area contributed by atoms with E-state index in [0.717, 1.165) is 5.75 Å². The number of nitrogens with zero attached hydrogens (tertiary/aromatic N) is 1. The Bertz CT molecular complexity index is 191. The Hall–Kier alpha value is -0.360. The number of thioether (sulfide) groups is 1. The Kier molecular flexibility index (Phi) is 3.92. The van der Waals surface area contributed by atoms with Crippen molar-refractivity contribution < 1.29 is 18.7 Å². The lowest BCUT2D eigenvalue weighted by Gasteiger charge is -2.31. The highest BCUT2D eigenvalue weighted by Gasteiger charge is 2.30. The van der Waals surface area contributed by atoms with Crippen LogP contribution in [0.2, 0.25) is 0 Å². The molecule has 0 aromatic heterocycles. The zero-order valence-electron chi connectivity index (χ0n) is 6.95. The van der Waals surface area contributed by atoms with Crippen LogP contribution in [0.15, 0.2) is 0 Å². The maximum Gasteiger partial charge on any atom is 0.321 e. The highest BCUT2D eigenvalue weighted by molar-refractivity contribution is 7.99. The van der Waals surface area contributed by atoms with E-state index in [-0.39, 0.29) is 0 Å². The number of carbonyl (C=O) groups is 1.